The van der Waals surface area contributed by atoms with Crippen molar-refractivity contribution in [2.45, 2.75) is 38.6 Å². The van der Waals surface area contributed by atoms with Crippen LogP contribution in [-0.4, -0.2) is 44.7 Å². The highest BCUT2D eigenvalue weighted by molar-refractivity contribution is 6.31. The molecular weight excluding hydrogens is 344 g/mol. The van der Waals surface area contributed by atoms with Crippen molar-refractivity contribution in [3.05, 3.63) is 22.7 Å². The summed E-state index contributed by atoms with van der Waals surface area (Å²) in [5, 5.41) is 3.46. The maximum absolute atomic E-state index is 12.8. The van der Waals surface area contributed by atoms with Gasteiger partial charge in [-0.3, -0.25) is 14.5 Å². The molecule has 1 aliphatic heterocycles. The Kier molecular flexibility index (Phi) is 6.30. The Morgan fingerprint density at radius 3 is 2.76 bits per heavy atom. The number of benzene rings is 1. The Labute approximate surface area is 153 Å². The summed E-state index contributed by atoms with van der Waals surface area (Å²) in [5.41, 5.74) is 0.430. The number of aryl methyl sites for hydroxylation is 1. The zero-order chi connectivity index (χ0) is 18.6. The van der Waals surface area contributed by atoms with Crippen molar-refractivity contribution < 1.29 is 19.1 Å². The molecule has 1 aliphatic rings. The highest BCUT2D eigenvalue weighted by Gasteiger charge is 2.49. The second kappa shape index (κ2) is 8.06. The normalized spacial score (nSPS) is 20.0. The fourth-order valence-electron chi connectivity index (χ4n) is 3.06. The number of anilines is 1. The first kappa shape index (κ1) is 19.5. The van der Waals surface area contributed by atoms with E-state index in [4.69, 9.17) is 21.1 Å². The molecule has 1 heterocycles. The number of hydrogen-bond donors (Lipinski definition) is 1. The van der Waals surface area contributed by atoms with E-state index in [0.29, 0.717) is 42.5 Å². The molecule has 1 aromatic rings. The highest BCUT2D eigenvalue weighted by atomic mass is 35.5. The summed E-state index contributed by atoms with van der Waals surface area (Å²) < 4.78 is 10.4. The van der Waals surface area contributed by atoms with Crippen molar-refractivity contribution in [1.29, 1.82) is 0 Å². The first-order valence-corrected chi connectivity index (χ1v) is 8.67. The molecule has 1 saturated heterocycles. The van der Waals surface area contributed by atoms with E-state index in [1.54, 1.807) is 31.1 Å². The molecule has 1 N–H and O–H groups in total. The molecule has 6 nitrogen and oxygen atoms in total. The molecule has 25 heavy (non-hydrogen) atoms. The summed E-state index contributed by atoms with van der Waals surface area (Å²) >= 11 is 6.16. The number of carbonyl (C=O) groups is 2. The Hall–Kier alpha value is -1.79. The number of methoxy groups -OCH3 is 2. The second-order valence-corrected chi connectivity index (χ2v) is 6.79. The Morgan fingerprint density at radius 2 is 2.12 bits per heavy atom. The number of ether oxygens (including phenoxy) is 2. The number of amides is 2. The largest absolute Gasteiger partial charge is 0.495 e. The van der Waals surface area contributed by atoms with E-state index in [1.807, 2.05) is 6.92 Å². The Bertz CT molecular complexity index is 665. The van der Waals surface area contributed by atoms with Gasteiger partial charge in [-0.05, 0) is 38.3 Å². The van der Waals surface area contributed by atoms with Crippen LogP contribution in [0.3, 0.4) is 0 Å². The fourth-order valence-corrected chi connectivity index (χ4v) is 3.21. The monoisotopic (exact) mass is 368 g/mol. The van der Waals surface area contributed by atoms with Crippen molar-refractivity contribution in [3.63, 3.8) is 0 Å². The lowest BCUT2D eigenvalue weighted by molar-refractivity contribution is -0.127. The van der Waals surface area contributed by atoms with E-state index >= 15 is 0 Å². The maximum atomic E-state index is 12.8. The molecule has 0 spiro atoms. The lowest BCUT2D eigenvalue weighted by atomic mass is 9.96. The number of hydrogen-bond acceptors (Lipinski definition) is 4. The first-order valence-electron chi connectivity index (χ1n) is 8.29. The third-order valence-corrected chi connectivity index (χ3v) is 4.98. The topological polar surface area (TPSA) is 67.9 Å². The standard InChI is InChI=1S/C18H25ClN2O4/c1-12-10-14(15(25-4)11-13(12)19)21-16(22)6-7-18(21,2)17(23)20-8-5-9-24-3/h10-11H,5-9H2,1-4H3,(H,20,23)/t18-/m1/s1. The summed E-state index contributed by atoms with van der Waals surface area (Å²) in [4.78, 5) is 26.9. The van der Waals surface area contributed by atoms with Gasteiger partial charge in [0, 0.05) is 37.8 Å². The molecule has 0 bridgehead atoms. The van der Waals surface area contributed by atoms with Gasteiger partial charge in [0.1, 0.15) is 11.3 Å². The van der Waals surface area contributed by atoms with Crippen molar-refractivity contribution in [1.82, 2.24) is 5.32 Å². The van der Waals surface area contributed by atoms with Gasteiger partial charge in [-0.25, -0.2) is 0 Å². The lowest BCUT2D eigenvalue weighted by Crippen LogP contribution is -2.55. The van der Waals surface area contributed by atoms with E-state index < -0.39 is 5.54 Å². The minimum atomic E-state index is -0.961. The SMILES string of the molecule is COCCCNC(=O)[C@@]1(C)CCC(=O)N1c1cc(C)c(Cl)cc1OC. The van der Waals surface area contributed by atoms with Crippen LogP contribution in [0.5, 0.6) is 5.75 Å². The predicted molar refractivity (Wildman–Crippen MR) is 97.4 cm³/mol. The average molecular weight is 369 g/mol. The molecule has 2 amide bonds. The van der Waals surface area contributed by atoms with Crippen LogP contribution >= 0.6 is 11.6 Å². The van der Waals surface area contributed by atoms with Crippen molar-refractivity contribution in [2.24, 2.45) is 0 Å². The van der Waals surface area contributed by atoms with Gasteiger partial charge in [-0.1, -0.05) is 11.6 Å². The summed E-state index contributed by atoms with van der Waals surface area (Å²) in [5.74, 6) is 0.197. The second-order valence-electron chi connectivity index (χ2n) is 6.38. The molecule has 0 aliphatic carbocycles. The van der Waals surface area contributed by atoms with Gasteiger partial charge in [0.2, 0.25) is 11.8 Å². The summed E-state index contributed by atoms with van der Waals surface area (Å²) in [7, 11) is 3.14. The van der Waals surface area contributed by atoms with Gasteiger partial charge in [0.25, 0.3) is 0 Å². The molecular formula is C18H25ClN2O4. The van der Waals surface area contributed by atoms with E-state index in [2.05, 4.69) is 5.32 Å². The van der Waals surface area contributed by atoms with Gasteiger partial charge in [-0.15, -0.1) is 0 Å². The van der Waals surface area contributed by atoms with Crippen LogP contribution in [0, 0.1) is 6.92 Å². The maximum Gasteiger partial charge on any atom is 0.246 e. The number of carbonyl (C=O) groups excluding carboxylic acids is 2. The zero-order valence-electron chi connectivity index (χ0n) is 15.1. The van der Waals surface area contributed by atoms with E-state index in [0.717, 1.165) is 12.0 Å². The first-order chi connectivity index (χ1) is 11.8. The quantitative estimate of drug-likeness (QED) is 0.751. The molecule has 0 aromatic heterocycles. The van der Waals surface area contributed by atoms with Crippen molar-refractivity contribution >= 4 is 29.1 Å². The third kappa shape index (κ3) is 3.90. The molecule has 2 rings (SSSR count). The Balaban J connectivity index is 2.33. The van der Waals surface area contributed by atoms with Crippen LogP contribution in [0.1, 0.15) is 31.7 Å². The molecule has 0 saturated carbocycles. The smallest absolute Gasteiger partial charge is 0.246 e. The van der Waals surface area contributed by atoms with Crippen LogP contribution in [0.2, 0.25) is 5.02 Å². The summed E-state index contributed by atoms with van der Waals surface area (Å²) in [6.07, 6.45) is 1.48. The van der Waals surface area contributed by atoms with E-state index in [9.17, 15) is 9.59 Å². The van der Waals surface area contributed by atoms with E-state index in [-0.39, 0.29) is 11.8 Å². The molecule has 7 heteroatoms. The van der Waals surface area contributed by atoms with Gasteiger partial charge >= 0.3 is 0 Å². The van der Waals surface area contributed by atoms with Gasteiger partial charge in [0.15, 0.2) is 0 Å². The minimum Gasteiger partial charge on any atom is -0.495 e. The number of nitrogens with zero attached hydrogens (tertiary/aromatic N) is 1. The molecule has 0 radical (unpaired) electrons. The van der Waals surface area contributed by atoms with Crippen molar-refractivity contribution in [3.8, 4) is 5.75 Å². The van der Waals surface area contributed by atoms with Crippen molar-refractivity contribution in [2.75, 3.05) is 32.3 Å². The zero-order valence-corrected chi connectivity index (χ0v) is 15.9. The fraction of sp³-hybridized carbons (Fsp3) is 0.556. The lowest BCUT2D eigenvalue weighted by Gasteiger charge is -2.35. The average Bonchev–Trinajstić information content (AvgIpc) is 2.89. The Morgan fingerprint density at radius 1 is 1.40 bits per heavy atom. The number of nitrogens with one attached hydrogen (secondary N) is 1. The van der Waals surface area contributed by atoms with Crippen LogP contribution in [-0.2, 0) is 14.3 Å². The molecule has 1 fully saturated rings. The molecule has 138 valence electrons. The molecule has 0 unspecified atom stereocenters. The highest BCUT2D eigenvalue weighted by Crippen LogP contribution is 2.42. The van der Waals surface area contributed by atoms with Gasteiger partial charge in [-0.2, -0.15) is 0 Å². The number of halogens is 1. The molecule has 1 aromatic carbocycles. The van der Waals surface area contributed by atoms with Gasteiger partial charge < -0.3 is 14.8 Å². The predicted octanol–water partition coefficient (Wildman–Crippen LogP) is 2.70. The van der Waals surface area contributed by atoms with Crippen LogP contribution < -0.4 is 15.0 Å². The van der Waals surface area contributed by atoms with Gasteiger partial charge in [0.05, 0.1) is 12.8 Å². The van der Waals surface area contributed by atoms with Crippen LogP contribution in [0.4, 0.5) is 5.69 Å². The summed E-state index contributed by atoms with van der Waals surface area (Å²) in [6.45, 7) is 4.71. The van der Waals surface area contributed by atoms with Crippen LogP contribution in [0.15, 0.2) is 12.1 Å². The minimum absolute atomic E-state index is 0.102. The summed E-state index contributed by atoms with van der Waals surface area (Å²) in [6, 6.07) is 3.47. The number of rotatable bonds is 7. The third-order valence-electron chi connectivity index (χ3n) is 4.57. The van der Waals surface area contributed by atoms with E-state index in [1.165, 1.54) is 7.11 Å². The molecule has 1 atom stereocenters. The van der Waals surface area contributed by atoms with Crippen LogP contribution in [0.25, 0.3) is 0 Å².